The Balaban J connectivity index is 1.49. The Hall–Kier alpha value is -2.38. The number of carbonyl (C=O) groups is 1. The van der Waals surface area contributed by atoms with Gasteiger partial charge >= 0.3 is 6.03 Å². The fourth-order valence-corrected chi connectivity index (χ4v) is 3.21. The number of urea groups is 1. The number of nitrogens with one attached hydrogen (secondary N) is 1. The van der Waals surface area contributed by atoms with Crippen LogP contribution in [0.1, 0.15) is 37.1 Å². The van der Waals surface area contributed by atoms with Crippen LogP contribution in [0, 0.1) is 12.8 Å². The van der Waals surface area contributed by atoms with Gasteiger partial charge in [0.1, 0.15) is 0 Å². The van der Waals surface area contributed by atoms with Gasteiger partial charge in [-0.1, -0.05) is 5.21 Å². The molecule has 2 amide bonds. The minimum Gasteiger partial charge on any atom is -0.331 e. The van der Waals surface area contributed by atoms with E-state index in [2.05, 4.69) is 20.7 Å². The molecule has 2 aromatic rings. The number of hydrogen-bond acceptors (Lipinski definition) is 4. The first-order valence-corrected chi connectivity index (χ1v) is 8.42. The molecule has 8 nitrogen and oxygen atoms in total. The van der Waals surface area contributed by atoms with Gasteiger partial charge in [-0.2, -0.15) is 5.10 Å². The summed E-state index contributed by atoms with van der Waals surface area (Å²) >= 11 is 0. The molecular weight excluding hydrogens is 306 g/mol. The Kier molecular flexibility index (Phi) is 4.82. The number of rotatable bonds is 4. The van der Waals surface area contributed by atoms with Crippen molar-refractivity contribution in [2.45, 2.75) is 39.3 Å². The third-order valence-corrected chi connectivity index (χ3v) is 4.90. The molecule has 0 bridgehead atoms. The van der Waals surface area contributed by atoms with E-state index in [-0.39, 0.29) is 12.1 Å². The summed E-state index contributed by atoms with van der Waals surface area (Å²) in [6, 6.07) is -0.0379. The van der Waals surface area contributed by atoms with Crippen LogP contribution < -0.4 is 5.32 Å². The summed E-state index contributed by atoms with van der Waals surface area (Å²) in [6.45, 7) is 6.45. The summed E-state index contributed by atoms with van der Waals surface area (Å²) in [5.41, 5.74) is 2.14. The molecule has 0 aliphatic carbocycles. The number of hydrogen-bond donors (Lipinski definition) is 1. The van der Waals surface area contributed by atoms with E-state index in [0.717, 1.165) is 43.7 Å². The van der Waals surface area contributed by atoms with Gasteiger partial charge in [0.25, 0.3) is 0 Å². The van der Waals surface area contributed by atoms with Crippen LogP contribution in [0.3, 0.4) is 0 Å². The maximum absolute atomic E-state index is 12.5. The van der Waals surface area contributed by atoms with E-state index >= 15 is 0 Å². The molecule has 1 atom stereocenters. The highest BCUT2D eigenvalue weighted by Gasteiger charge is 2.24. The number of piperidine rings is 1. The third kappa shape index (κ3) is 3.58. The standard InChI is InChI=1S/C16H25N7O/c1-12(15-10-18-21(3)13(15)2)19-16(24)22-7-4-14(5-8-22)11-23-9-6-17-20-23/h6,9-10,12,14H,4-5,7-8,11H2,1-3H3,(H,19,24)/t12-/m0/s1. The second-order valence-electron chi connectivity index (χ2n) is 6.54. The molecule has 3 rings (SSSR count). The monoisotopic (exact) mass is 331 g/mol. The molecule has 1 saturated heterocycles. The lowest BCUT2D eigenvalue weighted by molar-refractivity contribution is 0.161. The molecule has 1 aliphatic heterocycles. The van der Waals surface area contributed by atoms with E-state index < -0.39 is 0 Å². The smallest absolute Gasteiger partial charge is 0.317 e. The number of carbonyl (C=O) groups excluding carboxylic acids is 1. The molecule has 0 aromatic carbocycles. The van der Waals surface area contributed by atoms with Crippen LogP contribution in [-0.4, -0.2) is 48.8 Å². The first-order valence-electron chi connectivity index (χ1n) is 8.42. The van der Waals surface area contributed by atoms with Gasteiger partial charge in [0.15, 0.2) is 0 Å². The zero-order chi connectivity index (χ0) is 17.1. The molecule has 0 radical (unpaired) electrons. The van der Waals surface area contributed by atoms with E-state index in [9.17, 15) is 4.79 Å². The first kappa shape index (κ1) is 16.5. The number of nitrogens with zero attached hydrogens (tertiary/aromatic N) is 6. The van der Waals surface area contributed by atoms with E-state index in [4.69, 9.17) is 0 Å². The number of likely N-dealkylation sites (tertiary alicyclic amines) is 1. The zero-order valence-corrected chi connectivity index (χ0v) is 14.5. The van der Waals surface area contributed by atoms with Gasteiger partial charge in [0.05, 0.1) is 18.4 Å². The molecule has 8 heteroatoms. The maximum atomic E-state index is 12.5. The van der Waals surface area contributed by atoms with Crippen molar-refractivity contribution in [1.29, 1.82) is 0 Å². The molecular formula is C16H25N7O. The summed E-state index contributed by atoms with van der Waals surface area (Å²) in [5.74, 6) is 0.550. The van der Waals surface area contributed by atoms with Gasteiger partial charge in [-0.3, -0.25) is 9.36 Å². The van der Waals surface area contributed by atoms with Crippen molar-refractivity contribution in [2.24, 2.45) is 13.0 Å². The van der Waals surface area contributed by atoms with Gasteiger partial charge in [0, 0.05) is 44.1 Å². The SMILES string of the molecule is Cc1c([C@H](C)NC(=O)N2CCC(Cn3ccnn3)CC2)cnn1C. The quantitative estimate of drug-likeness (QED) is 0.921. The Morgan fingerprint density at radius 3 is 2.75 bits per heavy atom. The first-order chi connectivity index (χ1) is 11.5. The topological polar surface area (TPSA) is 80.9 Å². The molecule has 130 valence electrons. The van der Waals surface area contributed by atoms with Crippen molar-refractivity contribution in [2.75, 3.05) is 13.1 Å². The largest absolute Gasteiger partial charge is 0.331 e. The molecule has 2 aromatic heterocycles. The predicted octanol–water partition coefficient (Wildman–Crippen LogP) is 1.50. The van der Waals surface area contributed by atoms with Crippen molar-refractivity contribution in [3.8, 4) is 0 Å². The van der Waals surface area contributed by atoms with Crippen LogP contribution in [-0.2, 0) is 13.6 Å². The second-order valence-corrected chi connectivity index (χ2v) is 6.54. The molecule has 0 spiro atoms. The highest BCUT2D eigenvalue weighted by molar-refractivity contribution is 5.74. The van der Waals surface area contributed by atoms with Crippen molar-refractivity contribution >= 4 is 6.03 Å². The third-order valence-electron chi connectivity index (χ3n) is 4.90. The van der Waals surface area contributed by atoms with E-state index in [1.807, 2.05) is 47.6 Å². The Morgan fingerprint density at radius 1 is 1.42 bits per heavy atom. The van der Waals surface area contributed by atoms with Crippen molar-refractivity contribution in [3.63, 3.8) is 0 Å². The molecule has 0 saturated carbocycles. The number of amides is 2. The summed E-state index contributed by atoms with van der Waals surface area (Å²) in [7, 11) is 1.91. The van der Waals surface area contributed by atoms with E-state index in [1.165, 1.54) is 0 Å². The highest BCUT2D eigenvalue weighted by atomic mass is 16.2. The summed E-state index contributed by atoms with van der Waals surface area (Å²) < 4.78 is 3.70. The van der Waals surface area contributed by atoms with Crippen molar-refractivity contribution < 1.29 is 4.79 Å². The van der Waals surface area contributed by atoms with Gasteiger partial charge in [-0.05, 0) is 32.6 Å². The summed E-state index contributed by atoms with van der Waals surface area (Å²) in [5, 5.41) is 15.2. The minimum atomic E-state index is -0.0425. The van der Waals surface area contributed by atoms with Crippen LogP contribution in [0.15, 0.2) is 18.6 Å². The van der Waals surface area contributed by atoms with E-state index in [1.54, 1.807) is 6.20 Å². The van der Waals surface area contributed by atoms with Crippen LogP contribution in [0.25, 0.3) is 0 Å². The average Bonchev–Trinajstić information content (AvgIpc) is 3.19. The molecule has 1 fully saturated rings. The van der Waals surface area contributed by atoms with Crippen LogP contribution in [0.5, 0.6) is 0 Å². The molecule has 1 N–H and O–H groups in total. The van der Waals surface area contributed by atoms with Gasteiger partial charge < -0.3 is 10.2 Å². The molecule has 0 unspecified atom stereocenters. The summed E-state index contributed by atoms with van der Waals surface area (Å²) in [4.78, 5) is 14.4. The lowest BCUT2D eigenvalue weighted by Crippen LogP contribution is -2.45. The van der Waals surface area contributed by atoms with E-state index in [0.29, 0.717) is 5.92 Å². The van der Waals surface area contributed by atoms with Crippen LogP contribution >= 0.6 is 0 Å². The molecule has 1 aliphatic rings. The fraction of sp³-hybridized carbons (Fsp3) is 0.625. The average molecular weight is 331 g/mol. The van der Waals surface area contributed by atoms with Gasteiger partial charge in [-0.25, -0.2) is 4.79 Å². The Morgan fingerprint density at radius 2 is 2.17 bits per heavy atom. The molecule has 24 heavy (non-hydrogen) atoms. The Labute approximate surface area is 141 Å². The minimum absolute atomic E-state index is 0.00459. The van der Waals surface area contributed by atoms with Crippen LogP contribution in [0.2, 0.25) is 0 Å². The lowest BCUT2D eigenvalue weighted by Gasteiger charge is -2.32. The van der Waals surface area contributed by atoms with Gasteiger partial charge in [-0.15, -0.1) is 5.10 Å². The lowest BCUT2D eigenvalue weighted by atomic mass is 9.97. The van der Waals surface area contributed by atoms with Crippen molar-refractivity contribution in [3.05, 3.63) is 29.8 Å². The summed E-state index contributed by atoms with van der Waals surface area (Å²) in [6.07, 6.45) is 7.40. The van der Waals surface area contributed by atoms with Gasteiger partial charge in [0.2, 0.25) is 0 Å². The second kappa shape index (κ2) is 7.02. The normalized spacial score (nSPS) is 17.0. The van der Waals surface area contributed by atoms with Crippen molar-refractivity contribution in [1.82, 2.24) is 35.0 Å². The fourth-order valence-electron chi connectivity index (χ4n) is 3.21. The number of aryl methyl sites for hydroxylation is 1. The maximum Gasteiger partial charge on any atom is 0.317 e. The highest BCUT2D eigenvalue weighted by Crippen LogP contribution is 2.20. The number of aromatic nitrogens is 5. The zero-order valence-electron chi connectivity index (χ0n) is 14.5. The predicted molar refractivity (Wildman–Crippen MR) is 89.2 cm³/mol. The van der Waals surface area contributed by atoms with Crippen LogP contribution in [0.4, 0.5) is 4.79 Å². The Bertz CT molecular complexity index is 671. The molecule has 3 heterocycles.